The van der Waals surface area contributed by atoms with Gasteiger partial charge in [-0.3, -0.25) is 9.78 Å². The summed E-state index contributed by atoms with van der Waals surface area (Å²) in [4.78, 5) is 20.6. The molecule has 2 saturated heterocycles. The number of nitrogen functional groups attached to an aromatic ring is 1. The molecule has 20 heavy (non-hydrogen) atoms. The van der Waals surface area contributed by atoms with Crippen molar-refractivity contribution >= 4 is 29.0 Å². The number of nitrogens with zero attached hydrogens (tertiary/aromatic N) is 3. The largest absolute Gasteiger partial charge is 0.396 e. The van der Waals surface area contributed by atoms with Gasteiger partial charge in [0.15, 0.2) is 0 Å². The summed E-state index contributed by atoms with van der Waals surface area (Å²) >= 11 is 1.81. The molecule has 3 heterocycles. The van der Waals surface area contributed by atoms with Gasteiger partial charge in [0.2, 0.25) is 5.91 Å². The van der Waals surface area contributed by atoms with Crippen molar-refractivity contribution in [3.63, 3.8) is 0 Å². The smallest absolute Gasteiger partial charge is 0.235 e. The van der Waals surface area contributed by atoms with E-state index in [9.17, 15) is 4.79 Å². The van der Waals surface area contributed by atoms with Gasteiger partial charge in [-0.2, -0.15) is 0 Å². The molecule has 1 aromatic heterocycles. The SMILES string of the molecule is Nc1cnccc1N1CCN(C(=O)C2CCCS2)CC1. The van der Waals surface area contributed by atoms with Gasteiger partial charge < -0.3 is 15.5 Å². The summed E-state index contributed by atoms with van der Waals surface area (Å²) < 4.78 is 0. The Bertz CT molecular complexity index is 482. The molecule has 1 aromatic rings. The summed E-state index contributed by atoms with van der Waals surface area (Å²) in [6.07, 6.45) is 5.66. The lowest BCUT2D eigenvalue weighted by Gasteiger charge is -2.37. The maximum atomic E-state index is 12.4. The third kappa shape index (κ3) is 2.70. The second-order valence-corrected chi connectivity index (χ2v) is 6.56. The maximum Gasteiger partial charge on any atom is 0.235 e. The number of hydrogen-bond acceptors (Lipinski definition) is 5. The molecule has 0 saturated carbocycles. The number of rotatable bonds is 2. The number of carbonyl (C=O) groups is 1. The van der Waals surface area contributed by atoms with Gasteiger partial charge in [-0.25, -0.2) is 0 Å². The average Bonchev–Trinajstić information content (AvgIpc) is 3.01. The Morgan fingerprint density at radius 3 is 2.80 bits per heavy atom. The molecule has 2 N–H and O–H groups in total. The van der Waals surface area contributed by atoms with E-state index >= 15 is 0 Å². The van der Waals surface area contributed by atoms with Crippen LogP contribution in [0.25, 0.3) is 0 Å². The summed E-state index contributed by atoms with van der Waals surface area (Å²) in [5, 5.41) is 0.201. The molecule has 0 bridgehead atoms. The monoisotopic (exact) mass is 292 g/mol. The predicted octanol–water partition coefficient (Wildman–Crippen LogP) is 1.21. The van der Waals surface area contributed by atoms with E-state index in [1.807, 2.05) is 22.7 Å². The van der Waals surface area contributed by atoms with Gasteiger partial charge in [0.25, 0.3) is 0 Å². The zero-order chi connectivity index (χ0) is 13.9. The molecule has 3 rings (SSSR count). The zero-order valence-electron chi connectivity index (χ0n) is 11.5. The number of anilines is 2. The van der Waals surface area contributed by atoms with E-state index in [0.717, 1.165) is 44.0 Å². The van der Waals surface area contributed by atoms with Gasteiger partial charge in [-0.1, -0.05) is 0 Å². The molecule has 0 aliphatic carbocycles. The number of aromatic nitrogens is 1. The Morgan fingerprint density at radius 2 is 2.15 bits per heavy atom. The molecule has 1 amide bonds. The lowest BCUT2D eigenvalue weighted by atomic mass is 10.2. The van der Waals surface area contributed by atoms with Crippen LogP contribution < -0.4 is 10.6 Å². The van der Waals surface area contributed by atoms with Crippen LogP contribution in [-0.4, -0.2) is 53.0 Å². The van der Waals surface area contributed by atoms with E-state index in [1.165, 1.54) is 6.42 Å². The topological polar surface area (TPSA) is 62.5 Å². The molecule has 5 nitrogen and oxygen atoms in total. The Labute approximate surface area is 123 Å². The zero-order valence-corrected chi connectivity index (χ0v) is 12.3. The van der Waals surface area contributed by atoms with Crippen LogP contribution in [0.2, 0.25) is 0 Å². The number of piperazine rings is 1. The van der Waals surface area contributed by atoms with Crippen LogP contribution in [0.5, 0.6) is 0 Å². The van der Waals surface area contributed by atoms with E-state index in [2.05, 4.69) is 9.88 Å². The Kier molecular flexibility index (Phi) is 4.00. The number of carbonyl (C=O) groups excluding carboxylic acids is 1. The Balaban J connectivity index is 1.59. The minimum Gasteiger partial charge on any atom is -0.396 e. The first-order chi connectivity index (χ1) is 9.75. The highest BCUT2D eigenvalue weighted by atomic mass is 32.2. The fourth-order valence-corrected chi connectivity index (χ4v) is 4.07. The van der Waals surface area contributed by atoms with Crippen molar-refractivity contribution in [3.05, 3.63) is 18.5 Å². The number of pyridine rings is 1. The first-order valence-corrected chi connectivity index (χ1v) is 8.15. The molecule has 0 aromatic carbocycles. The summed E-state index contributed by atoms with van der Waals surface area (Å²) in [7, 11) is 0. The molecule has 1 unspecified atom stereocenters. The van der Waals surface area contributed by atoms with E-state index in [0.29, 0.717) is 11.6 Å². The highest BCUT2D eigenvalue weighted by Gasteiger charge is 2.30. The van der Waals surface area contributed by atoms with Crippen LogP contribution in [0.3, 0.4) is 0 Å². The number of thioether (sulfide) groups is 1. The van der Waals surface area contributed by atoms with Gasteiger partial charge in [0, 0.05) is 32.4 Å². The molecule has 0 radical (unpaired) electrons. The maximum absolute atomic E-state index is 12.4. The van der Waals surface area contributed by atoms with E-state index < -0.39 is 0 Å². The molecule has 6 heteroatoms. The number of nitrogens with two attached hydrogens (primary N) is 1. The van der Waals surface area contributed by atoms with Gasteiger partial charge >= 0.3 is 0 Å². The molecule has 2 aliphatic heterocycles. The van der Waals surface area contributed by atoms with Crippen LogP contribution in [0, 0.1) is 0 Å². The van der Waals surface area contributed by atoms with Crippen molar-refractivity contribution in [2.45, 2.75) is 18.1 Å². The van der Waals surface area contributed by atoms with Crippen molar-refractivity contribution in [2.24, 2.45) is 0 Å². The van der Waals surface area contributed by atoms with Crippen molar-refractivity contribution in [3.8, 4) is 0 Å². The first-order valence-electron chi connectivity index (χ1n) is 7.10. The van der Waals surface area contributed by atoms with Crippen LogP contribution in [-0.2, 0) is 4.79 Å². The van der Waals surface area contributed by atoms with Crippen molar-refractivity contribution in [1.82, 2.24) is 9.88 Å². The summed E-state index contributed by atoms with van der Waals surface area (Å²) in [5.41, 5.74) is 7.69. The second kappa shape index (κ2) is 5.91. The third-order valence-electron chi connectivity index (χ3n) is 3.97. The van der Waals surface area contributed by atoms with Gasteiger partial charge in [0.1, 0.15) is 0 Å². The molecule has 1 atom stereocenters. The fraction of sp³-hybridized carbons (Fsp3) is 0.571. The Hall–Kier alpha value is -1.43. The Morgan fingerprint density at radius 1 is 1.35 bits per heavy atom. The first kappa shape index (κ1) is 13.5. The van der Waals surface area contributed by atoms with Crippen LogP contribution in [0.1, 0.15) is 12.8 Å². The molecule has 2 aliphatic rings. The third-order valence-corrected chi connectivity index (χ3v) is 5.33. The number of amides is 1. The minimum atomic E-state index is 0.201. The minimum absolute atomic E-state index is 0.201. The van der Waals surface area contributed by atoms with E-state index in [4.69, 9.17) is 5.73 Å². The summed E-state index contributed by atoms with van der Waals surface area (Å²) in [5.74, 6) is 1.46. The van der Waals surface area contributed by atoms with Gasteiger partial charge in [-0.15, -0.1) is 11.8 Å². The summed E-state index contributed by atoms with van der Waals surface area (Å²) in [6, 6.07) is 1.94. The lowest BCUT2D eigenvalue weighted by molar-refractivity contribution is -0.130. The predicted molar refractivity (Wildman–Crippen MR) is 82.9 cm³/mol. The van der Waals surface area contributed by atoms with Crippen molar-refractivity contribution < 1.29 is 4.79 Å². The molecule has 0 spiro atoms. The van der Waals surface area contributed by atoms with Crippen molar-refractivity contribution in [1.29, 1.82) is 0 Å². The van der Waals surface area contributed by atoms with E-state index in [1.54, 1.807) is 12.4 Å². The van der Waals surface area contributed by atoms with Crippen LogP contribution in [0.15, 0.2) is 18.5 Å². The molecule has 108 valence electrons. The molecular weight excluding hydrogens is 272 g/mol. The lowest BCUT2D eigenvalue weighted by Crippen LogP contribution is -2.51. The quantitative estimate of drug-likeness (QED) is 0.887. The average molecular weight is 292 g/mol. The summed E-state index contributed by atoms with van der Waals surface area (Å²) in [6.45, 7) is 3.27. The van der Waals surface area contributed by atoms with Crippen LogP contribution in [0.4, 0.5) is 11.4 Å². The van der Waals surface area contributed by atoms with Crippen molar-refractivity contribution in [2.75, 3.05) is 42.6 Å². The highest BCUT2D eigenvalue weighted by Crippen LogP contribution is 2.29. The highest BCUT2D eigenvalue weighted by molar-refractivity contribution is 8.00. The standard InChI is InChI=1S/C14H20N4OS/c15-11-10-16-4-3-12(11)17-5-7-18(8-6-17)14(19)13-2-1-9-20-13/h3-4,10,13H,1-2,5-9,15H2. The molecular formula is C14H20N4OS. The normalized spacial score (nSPS) is 23.1. The number of hydrogen-bond donors (Lipinski definition) is 1. The fourth-order valence-electron chi connectivity index (χ4n) is 2.83. The van der Waals surface area contributed by atoms with E-state index in [-0.39, 0.29) is 5.25 Å². The second-order valence-electron chi connectivity index (χ2n) is 5.25. The van der Waals surface area contributed by atoms with Gasteiger partial charge in [-0.05, 0) is 24.7 Å². The van der Waals surface area contributed by atoms with Crippen LogP contribution >= 0.6 is 11.8 Å². The molecule has 2 fully saturated rings. The van der Waals surface area contributed by atoms with Gasteiger partial charge in [0.05, 0.1) is 22.8 Å².